The van der Waals surface area contributed by atoms with Crippen molar-refractivity contribution >= 4 is 0 Å². The smallest absolute Gasteiger partial charge is 0.330 e. The third-order valence-corrected chi connectivity index (χ3v) is 5.03. The minimum atomic E-state index is -1.85. The van der Waals surface area contributed by atoms with Gasteiger partial charge in [0, 0.05) is 11.8 Å². The fourth-order valence-electron chi connectivity index (χ4n) is 3.77. The Bertz CT molecular complexity index is 745. The van der Waals surface area contributed by atoms with E-state index < -0.39 is 41.0 Å². The lowest BCUT2D eigenvalue weighted by molar-refractivity contribution is -0.108. The van der Waals surface area contributed by atoms with Gasteiger partial charge in [-0.15, -0.1) is 0 Å². The minimum Gasteiger partial charge on any atom is -0.387 e. The number of halogens is 1. The van der Waals surface area contributed by atoms with E-state index in [1.807, 2.05) is 0 Å². The van der Waals surface area contributed by atoms with Crippen molar-refractivity contribution in [2.75, 3.05) is 0 Å². The average Bonchev–Trinajstić information content (AvgIpc) is 2.88. The molecule has 3 aliphatic rings. The molecule has 1 unspecified atom stereocenters. The van der Waals surface area contributed by atoms with E-state index in [1.54, 1.807) is 0 Å². The van der Waals surface area contributed by atoms with Gasteiger partial charge in [-0.25, -0.2) is 9.18 Å². The second kappa shape index (κ2) is 3.63. The predicted molar refractivity (Wildman–Crippen MR) is 67.5 cm³/mol. The van der Waals surface area contributed by atoms with E-state index in [4.69, 9.17) is 4.74 Å². The van der Waals surface area contributed by atoms with Gasteiger partial charge in [0.15, 0.2) is 12.4 Å². The number of rotatable bonds is 1. The van der Waals surface area contributed by atoms with Crippen LogP contribution in [-0.4, -0.2) is 43.2 Å². The molecular weight excluding hydrogens is 283 g/mol. The number of hydrogen-bond donors (Lipinski definition) is 3. The molecule has 1 aromatic rings. The summed E-state index contributed by atoms with van der Waals surface area (Å²) in [4.78, 5) is 25.3. The first-order valence-corrected chi connectivity index (χ1v) is 6.84. The van der Waals surface area contributed by atoms with Crippen LogP contribution >= 0.6 is 0 Å². The zero-order valence-electron chi connectivity index (χ0n) is 11.2. The van der Waals surface area contributed by atoms with Gasteiger partial charge >= 0.3 is 5.69 Å². The van der Waals surface area contributed by atoms with Crippen LogP contribution in [0.4, 0.5) is 4.39 Å². The molecule has 6 atom stereocenters. The molecule has 1 aliphatic heterocycles. The molecule has 1 aromatic heterocycles. The fraction of sp³-hybridized carbons (Fsp3) is 0.692. The van der Waals surface area contributed by atoms with Gasteiger partial charge in [0.05, 0.1) is 5.60 Å². The van der Waals surface area contributed by atoms with Crippen LogP contribution in [-0.2, 0) is 4.74 Å². The molecule has 2 heterocycles. The maximum Gasteiger partial charge on any atom is 0.330 e. The number of hydrogen-bond acceptors (Lipinski definition) is 5. The van der Waals surface area contributed by atoms with E-state index in [-0.39, 0.29) is 17.9 Å². The maximum atomic E-state index is 14.7. The number of aliphatic hydroxyl groups is 2. The molecule has 0 aromatic carbocycles. The molecular formula is C13H15FN2O5. The minimum absolute atomic E-state index is 0.114. The van der Waals surface area contributed by atoms with Crippen molar-refractivity contribution in [1.82, 2.24) is 9.55 Å². The molecule has 21 heavy (non-hydrogen) atoms. The van der Waals surface area contributed by atoms with Crippen molar-refractivity contribution < 1.29 is 19.3 Å². The van der Waals surface area contributed by atoms with Gasteiger partial charge in [0.25, 0.3) is 5.56 Å². The SMILES string of the molecule is Cc1cn(C2O[C@@H]3[C@@]4(O)C[C@H]4C[C@]3(O)[C@@H]2F)c(=O)[nH]c1=O. The number of ether oxygens (including phenoxy) is 1. The van der Waals surface area contributed by atoms with E-state index in [1.165, 1.54) is 13.1 Å². The van der Waals surface area contributed by atoms with Crippen molar-refractivity contribution in [3.05, 3.63) is 32.6 Å². The van der Waals surface area contributed by atoms with Gasteiger partial charge in [0.2, 0.25) is 0 Å². The number of alkyl halides is 1. The second-order valence-electron chi connectivity index (χ2n) is 6.37. The lowest BCUT2D eigenvalue weighted by Crippen LogP contribution is -2.47. The van der Waals surface area contributed by atoms with E-state index in [9.17, 15) is 24.2 Å². The van der Waals surface area contributed by atoms with Gasteiger partial charge in [-0.2, -0.15) is 0 Å². The lowest BCUT2D eigenvalue weighted by Gasteiger charge is -2.26. The molecule has 3 fully saturated rings. The highest BCUT2D eigenvalue weighted by atomic mass is 19.1. The molecule has 2 saturated carbocycles. The van der Waals surface area contributed by atoms with Crippen LogP contribution in [0.15, 0.2) is 15.8 Å². The Balaban J connectivity index is 1.77. The summed E-state index contributed by atoms with van der Waals surface area (Å²) in [7, 11) is 0. The number of H-pyrrole nitrogens is 1. The van der Waals surface area contributed by atoms with Crippen LogP contribution in [0.5, 0.6) is 0 Å². The van der Waals surface area contributed by atoms with E-state index in [0.29, 0.717) is 6.42 Å². The summed E-state index contributed by atoms with van der Waals surface area (Å²) in [6, 6.07) is 0. The summed E-state index contributed by atoms with van der Waals surface area (Å²) in [5, 5.41) is 20.7. The molecule has 8 heteroatoms. The van der Waals surface area contributed by atoms with Crippen molar-refractivity contribution in [1.29, 1.82) is 0 Å². The highest BCUT2D eigenvalue weighted by Crippen LogP contribution is 2.65. The number of aromatic nitrogens is 2. The van der Waals surface area contributed by atoms with Gasteiger partial charge in [0.1, 0.15) is 11.7 Å². The lowest BCUT2D eigenvalue weighted by atomic mass is 9.91. The van der Waals surface area contributed by atoms with Crippen molar-refractivity contribution in [2.24, 2.45) is 5.92 Å². The molecule has 0 spiro atoms. The zero-order chi connectivity index (χ0) is 15.2. The Morgan fingerprint density at radius 3 is 2.71 bits per heavy atom. The van der Waals surface area contributed by atoms with E-state index in [2.05, 4.69) is 4.98 Å². The molecule has 1 saturated heterocycles. The third-order valence-electron chi connectivity index (χ3n) is 5.03. The Labute approximate surface area is 118 Å². The van der Waals surface area contributed by atoms with E-state index in [0.717, 1.165) is 4.57 Å². The van der Waals surface area contributed by atoms with Crippen molar-refractivity contribution in [3.8, 4) is 0 Å². The van der Waals surface area contributed by atoms with Crippen LogP contribution in [0, 0.1) is 12.8 Å². The number of aromatic amines is 1. The summed E-state index contributed by atoms with van der Waals surface area (Å²) < 4.78 is 21.1. The summed E-state index contributed by atoms with van der Waals surface area (Å²) in [5.74, 6) is -0.152. The quantitative estimate of drug-likeness (QED) is 0.615. The van der Waals surface area contributed by atoms with Crippen molar-refractivity contribution in [3.63, 3.8) is 0 Å². The number of fused-ring (bicyclic) bond motifs is 3. The molecule has 2 aliphatic carbocycles. The molecule has 0 radical (unpaired) electrons. The standard InChI is InChI=1S/C13H15FN2O5/c1-5-4-16(11(18)15-8(5)17)9-7(14)13(20)3-6-2-12(6,19)10(13)21-9/h4,6-7,9-10,19-20H,2-3H2,1H3,(H,15,17,18)/t6-,7+,9?,10+,12+,13-/m0/s1. The Morgan fingerprint density at radius 2 is 2.05 bits per heavy atom. The summed E-state index contributed by atoms with van der Waals surface area (Å²) in [5.41, 5.74) is -4.11. The predicted octanol–water partition coefficient (Wildman–Crippen LogP) is -1.03. The van der Waals surface area contributed by atoms with Crippen molar-refractivity contribution in [2.45, 2.75) is 49.5 Å². The van der Waals surface area contributed by atoms with Crippen LogP contribution in [0.2, 0.25) is 0 Å². The molecule has 4 rings (SSSR count). The van der Waals surface area contributed by atoms with Crippen LogP contribution < -0.4 is 11.2 Å². The number of nitrogens with one attached hydrogen (secondary N) is 1. The molecule has 0 bridgehead atoms. The van der Waals surface area contributed by atoms with Gasteiger partial charge < -0.3 is 14.9 Å². The largest absolute Gasteiger partial charge is 0.387 e. The second-order valence-corrected chi connectivity index (χ2v) is 6.37. The number of aryl methyl sites for hydroxylation is 1. The third kappa shape index (κ3) is 1.47. The monoisotopic (exact) mass is 298 g/mol. The average molecular weight is 298 g/mol. The van der Waals surface area contributed by atoms with Gasteiger partial charge in [-0.1, -0.05) is 0 Å². The summed E-state index contributed by atoms with van der Waals surface area (Å²) in [6.07, 6.45) is -2.45. The molecule has 7 nitrogen and oxygen atoms in total. The first-order chi connectivity index (χ1) is 9.77. The highest BCUT2D eigenvalue weighted by molar-refractivity contribution is 5.27. The Morgan fingerprint density at radius 1 is 1.38 bits per heavy atom. The highest BCUT2D eigenvalue weighted by Gasteiger charge is 2.78. The van der Waals surface area contributed by atoms with E-state index >= 15 is 0 Å². The molecule has 114 valence electrons. The first kappa shape index (κ1) is 13.2. The topological polar surface area (TPSA) is 105 Å². The Hall–Kier alpha value is -1.51. The maximum absolute atomic E-state index is 14.7. The Kier molecular flexibility index (Phi) is 2.28. The van der Waals surface area contributed by atoms with Crippen LogP contribution in [0.3, 0.4) is 0 Å². The van der Waals surface area contributed by atoms with Crippen LogP contribution in [0.1, 0.15) is 24.6 Å². The number of nitrogens with zero attached hydrogens (tertiary/aromatic N) is 1. The normalized spacial score (nSPS) is 47.2. The first-order valence-electron chi connectivity index (χ1n) is 6.84. The van der Waals surface area contributed by atoms with Crippen LogP contribution in [0.25, 0.3) is 0 Å². The summed E-state index contributed by atoms with van der Waals surface area (Å²) in [6.45, 7) is 1.48. The molecule has 0 amide bonds. The molecule has 3 N–H and O–H groups in total. The van der Waals surface area contributed by atoms with Gasteiger partial charge in [-0.3, -0.25) is 14.3 Å². The summed E-state index contributed by atoms with van der Waals surface area (Å²) >= 11 is 0. The fourth-order valence-corrected chi connectivity index (χ4v) is 3.77. The van der Waals surface area contributed by atoms with Gasteiger partial charge in [-0.05, 0) is 25.7 Å². The zero-order valence-corrected chi connectivity index (χ0v) is 11.2.